The summed E-state index contributed by atoms with van der Waals surface area (Å²) in [6.07, 6.45) is 8.76. The molecule has 0 amide bonds. The van der Waals surface area contributed by atoms with Crippen LogP contribution in [0.25, 0.3) is 0 Å². The van der Waals surface area contributed by atoms with E-state index in [-0.39, 0.29) is 0 Å². The standard InChI is InChI=1S/C10H9N.C2H6/c1-3-9-7-5-6-8-11-10(9)4-2;1-2/h3-5,7-8H,1-2H2;1-2H3. The molecule has 0 fully saturated rings. The van der Waals surface area contributed by atoms with Gasteiger partial charge in [-0.3, -0.25) is 0 Å². The van der Waals surface area contributed by atoms with E-state index in [1.165, 1.54) is 0 Å². The van der Waals surface area contributed by atoms with Crippen molar-refractivity contribution < 1.29 is 0 Å². The van der Waals surface area contributed by atoms with Crippen LogP contribution in [0.5, 0.6) is 0 Å². The third kappa shape index (κ3) is 3.55. The SMILES string of the molecule is C=CC1=CC=C=CN=C1C=C.CC. The molecule has 1 aliphatic heterocycles. The maximum Gasteiger partial charge on any atom is 0.0703 e. The molecule has 0 aromatic carbocycles. The highest BCUT2D eigenvalue weighted by Gasteiger charge is 1.96. The van der Waals surface area contributed by atoms with Gasteiger partial charge < -0.3 is 0 Å². The first-order valence-corrected chi connectivity index (χ1v) is 4.33. The number of aliphatic imine (C=N–C) groups is 1. The van der Waals surface area contributed by atoms with Gasteiger partial charge in [-0.2, -0.15) is 0 Å². The Hall–Kier alpha value is -1.59. The van der Waals surface area contributed by atoms with Gasteiger partial charge in [-0.1, -0.05) is 33.1 Å². The number of nitrogens with zero attached hydrogens (tertiary/aromatic N) is 1. The summed E-state index contributed by atoms with van der Waals surface area (Å²) in [5.74, 6) is 0. The van der Waals surface area contributed by atoms with E-state index >= 15 is 0 Å². The number of hydrogen-bond acceptors (Lipinski definition) is 1. The highest BCUT2D eigenvalue weighted by Crippen LogP contribution is 2.04. The van der Waals surface area contributed by atoms with Gasteiger partial charge in [-0.05, 0) is 18.2 Å². The van der Waals surface area contributed by atoms with E-state index in [2.05, 4.69) is 23.9 Å². The molecule has 0 saturated carbocycles. The highest BCUT2D eigenvalue weighted by atomic mass is 14.7. The molecular formula is C12H15N. The Kier molecular flexibility index (Phi) is 6.21. The van der Waals surface area contributed by atoms with Crippen LogP contribution in [0.1, 0.15) is 13.8 Å². The molecule has 1 heterocycles. The van der Waals surface area contributed by atoms with E-state index < -0.39 is 0 Å². The third-order valence-corrected chi connectivity index (χ3v) is 1.35. The van der Waals surface area contributed by atoms with Crippen LogP contribution in [-0.2, 0) is 0 Å². The Balaban J connectivity index is 0.000000671. The molecule has 1 nitrogen and oxygen atoms in total. The smallest absolute Gasteiger partial charge is 0.0703 e. The second-order valence-corrected chi connectivity index (χ2v) is 2.01. The molecule has 13 heavy (non-hydrogen) atoms. The van der Waals surface area contributed by atoms with E-state index in [0.717, 1.165) is 11.3 Å². The van der Waals surface area contributed by atoms with Crippen LogP contribution in [0.2, 0.25) is 0 Å². The first kappa shape index (κ1) is 11.4. The average molecular weight is 173 g/mol. The fourth-order valence-corrected chi connectivity index (χ4v) is 0.791. The van der Waals surface area contributed by atoms with E-state index in [9.17, 15) is 0 Å². The summed E-state index contributed by atoms with van der Waals surface area (Å²) in [5.41, 5.74) is 4.67. The van der Waals surface area contributed by atoms with Gasteiger partial charge in [-0.25, -0.2) is 4.99 Å². The lowest BCUT2D eigenvalue weighted by molar-refractivity contribution is 1.50. The lowest BCUT2D eigenvalue weighted by Crippen LogP contribution is -1.93. The zero-order valence-electron chi connectivity index (χ0n) is 8.25. The van der Waals surface area contributed by atoms with Crippen molar-refractivity contribution in [3.8, 4) is 0 Å². The van der Waals surface area contributed by atoms with Crippen LogP contribution < -0.4 is 0 Å². The minimum absolute atomic E-state index is 0.834. The van der Waals surface area contributed by atoms with Crippen LogP contribution in [0, 0.1) is 0 Å². The zero-order chi connectivity index (χ0) is 10.1. The van der Waals surface area contributed by atoms with Gasteiger partial charge in [0.1, 0.15) is 0 Å². The van der Waals surface area contributed by atoms with Crippen molar-refractivity contribution in [3.63, 3.8) is 0 Å². The molecule has 0 aliphatic carbocycles. The van der Waals surface area contributed by atoms with Gasteiger partial charge in [0.05, 0.1) is 11.9 Å². The monoisotopic (exact) mass is 173 g/mol. The number of allylic oxidation sites excluding steroid dienone is 5. The Labute approximate surface area is 80.2 Å². The van der Waals surface area contributed by atoms with Gasteiger partial charge in [-0.15, -0.1) is 5.73 Å². The molecule has 68 valence electrons. The van der Waals surface area contributed by atoms with Gasteiger partial charge >= 0.3 is 0 Å². The predicted octanol–water partition coefficient (Wildman–Crippen LogP) is 3.43. The second kappa shape index (κ2) is 7.08. The van der Waals surface area contributed by atoms with Crippen LogP contribution in [-0.4, -0.2) is 5.71 Å². The summed E-state index contributed by atoms with van der Waals surface area (Å²) >= 11 is 0. The minimum atomic E-state index is 0.834. The maximum absolute atomic E-state index is 4.09. The van der Waals surface area contributed by atoms with Crippen LogP contribution in [0.15, 0.2) is 60.0 Å². The summed E-state index contributed by atoms with van der Waals surface area (Å²) < 4.78 is 0. The highest BCUT2D eigenvalue weighted by molar-refractivity contribution is 6.10. The topological polar surface area (TPSA) is 12.4 Å². The van der Waals surface area contributed by atoms with Crippen molar-refractivity contribution in [1.82, 2.24) is 0 Å². The van der Waals surface area contributed by atoms with Crippen LogP contribution in [0.3, 0.4) is 0 Å². The van der Waals surface area contributed by atoms with E-state index in [4.69, 9.17) is 0 Å². The first-order chi connectivity index (χ1) is 6.38. The Morgan fingerprint density at radius 3 is 2.54 bits per heavy atom. The summed E-state index contributed by atoms with van der Waals surface area (Å²) in [6.45, 7) is 11.3. The third-order valence-electron chi connectivity index (χ3n) is 1.35. The maximum atomic E-state index is 4.09. The molecule has 0 unspecified atom stereocenters. The number of rotatable bonds is 2. The molecule has 0 atom stereocenters. The largest absolute Gasteiger partial charge is 0.248 e. The van der Waals surface area contributed by atoms with E-state index in [1.807, 2.05) is 19.9 Å². The number of hydrogen-bond donors (Lipinski definition) is 0. The summed E-state index contributed by atoms with van der Waals surface area (Å²) in [4.78, 5) is 4.09. The predicted molar refractivity (Wildman–Crippen MR) is 59.9 cm³/mol. The summed E-state index contributed by atoms with van der Waals surface area (Å²) in [5, 5.41) is 0. The van der Waals surface area contributed by atoms with Crippen LogP contribution >= 0.6 is 0 Å². The fraction of sp³-hybridized carbons (Fsp3) is 0.167. The van der Waals surface area contributed by atoms with Crippen molar-refractivity contribution in [3.05, 3.63) is 55.0 Å². The quantitative estimate of drug-likeness (QED) is 0.567. The minimum Gasteiger partial charge on any atom is -0.248 e. The molecular weight excluding hydrogens is 158 g/mol. The molecule has 0 bridgehead atoms. The zero-order valence-corrected chi connectivity index (χ0v) is 8.25. The molecule has 0 aromatic rings. The molecule has 1 rings (SSSR count). The molecule has 0 spiro atoms. The molecule has 0 radical (unpaired) electrons. The summed E-state index contributed by atoms with van der Waals surface area (Å²) in [6, 6.07) is 0. The lowest BCUT2D eigenvalue weighted by atomic mass is 10.1. The molecule has 0 N–H and O–H groups in total. The Bertz CT molecular complexity index is 269. The van der Waals surface area contributed by atoms with Crippen molar-refractivity contribution >= 4 is 5.71 Å². The Morgan fingerprint density at radius 2 is 2.00 bits per heavy atom. The molecule has 1 heteroatoms. The first-order valence-electron chi connectivity index (χ1n) is 4.33. The van der Waals surface area contributed by atoms with Crippen molar-refractivity contribution in [1.29, 1.82) is 0 Å². The second-order valence-electron chi connectivity index (χ2n) is 2.01. The van der Waals surface area contributed by atoms with Gasteiger partial charge in [0, 0.05) is 5.57 Å². The van der Waals surface area contributed by atoms with Gasteiger partial charge in [0.25, 0.3) is 0 Å². The van der Waals surface area contributed by atoms with E-state index in [1.54, 1.807) is 24.4 Å². The van der Waals surface area contributed by atoms with Crippen molar-refractivity contribution in [2.45, 2.75) is 13.8 Å². The van der Waals surface area contributed by atoms with Crippen molar-refractivity contribution in [2.24, 2.45) is 4.99 Å². The van der Waals surface area contributed by atoms with Gasteiger partial charge in [0.2, 0.25) is 0 Å². The molecule has 0 saturated heterocycles. The average Bonchev–Trinajstić information content (AvgIpc) is 2.44. The van der Waals surface area contributed by atoms with Crippen molar-refractivity contribution in [2.75, 3.05) is 0 Å². The van der Waals surface area contributed by atoms with E-state index in [0.29, 0.717) is 0 Å². The van der Waals surface area contributed by atoms with Crippen LogP contribution in [0.4, 0.5) is 0 Å². The van der Waals surface area contributed by atoms with Gasteiger partial charge in [0.15, 0.2) is 0 Å². The molecule has 0 aromatic heterocycles. The molecule has 1 aliphatic rings. The summed E-state index contributed by atoms with van der Waals surface area (Å²) in [7, 11) is 0. The lowest BCUT2D eigenvalue weighted by Gasteiger charge is -1.96. The Morgan fingerprint density at radius 1 is 1.31 bits per heavy atom. The normalized spacial score (nSPS) is 13.1. The fourth-order valence-electron chi connectivity index (χ4n) is 0.791.